The zero-order valence-corrected chi connectivity index (χ0v) is 17.7. The predicted octanol–water partition coefficient (Wildman–Crippen LogP) is 4.50. The summed E-state index contributed by atoms with van der Waals surface area (Å²) in [5.74, 6) is 3.56. The van der Waals surface area contributed by atoms with Crippen molar-refractivity contribution in [1.82, 2.24) is 10.2 Å². The average Bonchev–Trinajstić information content (AvgIpc) is 3.21. The molecule has 1 atom stereocenters. The molecular formula is C24H30N2OS. The van der Waals surface area contributed by atoms with Gasteiger partial charge in [0.05, 0.1) is 12.6 Å². The summed E-state index contributed by atoms with van der Waals surface area (Å²) in [6.45, 7) is 6.94. The molecule has 0 spiro atoms. The lowest BCUT2D eigenvalue weighted by atomic mass is 9.94. The molecule has 0 aliphatic carbocycles. The minimum atomic E-state index is -0.0793. The monoisotopic (exact) mass is 394 g/mol. The molecule has 4 heteroatoms. The molecule has 0 saturated carbocycles. The molecule has 1 N–H and O–H groups in total. The van der Waals surface area contributed by atoms with Gasteiger partial charge in [-0.3, -0.25) is 9.69 Å². The van der Waals surface area contributed by atoms with E-state index < -0.39 is 0 Å². The molecule has 1 amide bonds. The van der Waals surface area contributed by atoms with E-state index in [1.54, 1.807) is 11.3 Å². The van der Waals surface area contributed by atoms with Crippen LogP contribution in [0.2, 0.25) is 0 Å². The van der Waals surface area contributed by atoms with E-state index in [0.29, 0.717) is 12.5 Å². The van der Waals surface area contributed by atoms with E-state index >= 15 is 0 Å². The van der Waals surface area contributed by atoms with Crippen molar-refractivity contribution < 1.29 is 4.79 Å². The third-order valence-electron chi connectivity index (χ3n) is 5.34. The maximum atomic E-state index is 13.0. The highest BCUT2D eigenvalue weighted by Gasteiger charge is 2.27. The molecule has 1 aromatic carbocycles. The summed E-state index contributed by atoms with van der Waals surface area (Å²) in [6.07, 6.45) is 8.23. The number of hydrogen-bond acceptors (Lipinski definition) is 3. The van der Waals surface area contributed by atoms with Crippen molar-refractivity contribution in [3.63, 3.8) is 0 Å². The zero-order valence-electron chi connectivity index (χ0n) is 16.9. The molecule has 3 nitrogen and oxygen atoms in total. The van der Waals surface area contributed by atoms with E-state index in [0.717, 1.165) is 37.9 Å². The molecule has 1 saturated heterocycles. The number of carbonyl (C=O) groups is 1. The van der Waals surface area contributed by atoms with Gasteiger partial charge in [-0.15, -0.1) is 17.8 Å². The number of terminal acetylenes is 1. The molecule has 0 bridgehead atoms. The molecule has 0 radical (unpaired) electrons. The Morgan fingerprint density at radius 3 is 2.54 bits per heavy atom. The third kappa shape index (κ3) is 5.47. The van der Waals surface area contributed by atoms with Gasteiger partial charge >= 0.3 is 0 Å². The second-order valence-corrected chi connectivity index (χ2v) is 9.03. The summed E-state index contributed by atoms with van der Waals surface area (Å²) in [5.41, 5.74) is 2.49. The molecule has 3 rings (SSSR count). The SMILES string of the molecule is C#CCN1CCC(C(=O)NC(c2ccc(CC(C)C)cc2)c2cccs2)CC1. The topological polar surface area (TPSA) is 32.3 Å². The molecule has 1 fully saturated rings. The number of benzene rings is 1. The molecule has 1 aliphatic heterocycles. The van der Waals surface area contributed by atoms with Gasteiger partial charge in [0.25, 0.3) is 0 Å². The minimum Gasteiger partial charge on any atom is -0.344 e. The summed E-state index contributed by atoms with van der Waals surface area (Å²) >= 11 is 1.69. The highest BCUT2D eigenvalue weighted by molar-refractivity contribution is 7.10. The van der Waals surface area contributed by atoms with Crippen LogP contribution < -0.4 is 5.32 Å². The highest BCUT2D eigenvalue weighted by Crippen LogP contribution is 2.28. The van der Waals surface area contributed by atoms with Crippen LogP contribution in [-0.2, 0) is 11.2 Å². The summed E-state index contributed by atoms with van der Waals surface area (Å²) in [7, 11) is 0. The Hall–Kier alpha value is -2.09. The number of nitrogens with zero attached hydrogens (tertiary/aromatic N) is 1. The van der Waals surface area contributed by atoms with Gasteiger partial charge in [-0.05, 0) is 60.8 Å². The lowest BCUT2D eigenvalue weighted by Crippen LogP contribution is -2.41. The molecule has 1 unspecified atom stereocenters. The first-order chi connectivity index (χ1) is 13.6. The summed E-state index contributed by atoms with van der Waals surface area (Å²) in [6, 6.07) is 12.8. The number of rotatable bonds is 7. The fourth-order valence-electron chi connectivity index (χ4n) is 3.83. The molecule has 2 aromatic rings. The maximum absolute atomic E-state index is 13.0. The van der Waals surface area contributed by atoms with E-state index in [9.17, 15) is 4.79 Å². The van der Waals surface area contributed by atoms with Gasteiger partial charge in [-0.25, -0.2) is 0 Å². The van der Waals surface area contributed by atoms with Gasteiger partial charge in [-0.1, -0.05) is 50.1 Å². The first kappa shape index (κ1) is 20.6. The zero-order chi connectivity index (χ0) is 19.9. The third-order valence-corrected chi connectivity index (χ3v) is 6.28. The molecule has 28 heavy (non-hydrogen) atoms. The molecule has 1 aliphatic rings. The van der Waals surface area contributed by atoms with Crippen LogP contribution in [0.3, 0.4) is 0 Å². The smallest absolute Gasteiger partial charge is 0.223 e. The number of hydrogen-bond donors (Lipinski definition) is 1. The Morgan fingerprint density at radius 2 is 1.96 bits per heavy atom. The quantitative estimate of drug-likeness (QED) is 0.702. The van der Waals surface area contributed by atoms with Crippen molar-refractivity contribution >= 4 is 17.2 Å². The van der Waals surface area contributed by atoms with Crippen molar-refractivity contribution in [2.24, 2.45) is 11.8 Å². The average molecular weight is 395 g/mol. The Bertz CT molecular complexity index is 781. The lowest BCUT2D eigenvalue weighted by molar-refractivity contribution is -0.126. The predicted molar refractivity (Wildman–Crippen MR) is 117 cm³/mol. The number of carbonyl (C=O) groups excluding carboxylic acids is 1. The van der Waals surface area contributed by atoms with Gasteiger partial charge in [0.1, 0.15) is 0 Å². The van der Waals surface area contributed by atoms with Crippen molar-refractivity contribution in [3.8, 4) is 12.3 Å². The molecular weight excluding hydrogens is 364 g/mol. The number of thiophene rings is 1. The second kappa shape index (κ2) is 9.91. The first-order valence-electron chi connectivity index (χ1n) is 10.1. The van der Waals surface area contributed by atoms with E-state index in [1.807, 2.05) is 6.07 Å². The van der Waals surface area contributed by atoms with Gasteiger partial charge < -0.3 is 5.32 Å². The van der Waals surface area contributed by atoms with Crippen LogP contribution in [0.1, 0.15) is 48.7 Å². The Morgan fingerprint density at radius 1 is 1.25 bits per heavy atom. The van der Waals surface area contributed by atoms with Crippen molar-refractivity contribution in [3.05, 3.63) is 57.8 Å². The summed E-state index contributed by atoms with van der Waals surface area (Å²) < 4.78 is 0. The van der Waals surface area contributed by atoms with Gasteiger partial charge in [0, 0.05) is 10.8 Å². The maximum Gasteiger partial charge on any atom is 0.223 e. The molecule has 148 valence electrons. The van der Waals surface area contributed by atoms with E-state index in [-0.39, 0.29) is 17.9 Å². The van der Waals surface area contributed by atoms with Crippen LogP contribution >= 0.6 is 11.3 Å². The standard InChI is InChI=1S/C24H30N2OS/c1-4-13-26-14-11-21(12-15-26)24(27)25-23(22-6-5-16-28-22)20-9-7-19(8-10-20)17-18(2)3/h1,5-10,16,18,21,23H,11-15,17H2,2-3H3,(H,25,27). The fourth-order valence-corrected chi connectivity index (χ4v) is 4.64. The van der Waals surface area contributed by atoms with E-state index in [1.165, 1.54) is 10.4 Å². The largest absolute Gasteiger partial charge is 0.344 e. The van der Waals surface area contributed by atoms with Crippen LogP contribution in [0.25, 0.3) is 0 Å². The van der Waals surface area contributed by atoms with Crippen molar-refractivity contribution in [2.45, 2.75) is 39.2 Å². The number of nitrogens with one attached hydrogen (secondary N) is 1. The highest BCUT2D eigenvalue weighted by atomic mass is 32.1. The van der Waals surface area contributed by atoms with Crippen LogP contribution in [0.15, 0.2) is 41.8 Å². The Kier molecular flexibility index (Phi) is 7.30. The Balaban J connectivity index is 1.69. The molecule has 1 aromatic heterocycles. The fraction of sp³-hybridized carbons (Fsp3) is 0.458. The van der Waals surface area contributed by atoms with Gasteiger partial charge in [-0.2, -0.15) is 0 Å². The Labute approximate surface area is 173 Å². The van der Waals surface area contributed by atoms with Crippen molar-refractivity contribution in [1.29, 1.82) is 0 Å². The minimum absolute atomic E-state index is 0.0664. The first-order valence-corrected chi connectivity index (χ1v) is 11.0. The van der Waals surface area contributed by atoms with Crippen LogP contribution in [0, 0.1) is 24.2 Å². The van der Waals surface area contributed by atoms with Gasteiger partial charge in [0.15, 0.2) is 0 Å². The second-order valence-electron chi connectivity index (χ2n) is 8.05. The van der Waals surface area contributed by atoms with Crippen LogP contribution in [0.4, 0.5) is 0 Å². The summed E-state index contributed by atoms with van der Waals surface area (Å²) in [4.78, 5) is 16.4. The molecule has 2 heterocycles. The van der Waals surface area contributed by atoms with E-state index in [2.05, 4.69) is 65.7 Å². The van der Waals surface area contributed by atoms with E-state index in [4.69, 9.17) is 6.42 Å². The van der Waals surface area contributed by atoms with Gasteiger partial charge in [0.2, 0.25) is 5.91 Å². The van der Waals surface area contributed by atoms with Crippen LogP contribution in [-0.4, -0.2) is 30.4 Å². The number of likely N-dealkylation sites (tertiary alicyclic amines) is 1. The normalized spacial score (nSPS) is 16.6. The number of amides is 1. The lowest BCUT2D eigenvalue weighted by Gasteiger charge is -2.31. The number of piperidine rings is 1. The van der Waals surface area contributed by atoms with Crippen molar-refractivity contribution in [2.75, 3.05) is 19.6 Å². The summed E-state index contributed by atoms with van der Waals surface area (Å²) in [5, 5.41) is 5.39. The van der Waals surface area contributed by atoms with Crippen LogP contribution in [0.5, 0.6) is 0 Å².